The second kappa shape index (κ2) is 4.16. The molecular formula is C9H19NO3S. The largest absolute Gasteiger partial charge is 0.371 e. The van der Waals surface area contributed by atoms with Crippen molar-refractivity contribution in [1.82, 2.24) is 4.72 Å². The summed E-state index contributed by atoms with van der Waals surface area (Å²) in [6.07, 6.45) is 4.27. The molecule has 0 radical (unpaired) electrons. The summed E-state index contributed by atoms with van der Waals surface area (Å²) in [7, 11) is -3.09. The number of hydrogen-bond donors (Lipinski definition) is 1. The lowest BCUT2D eigenvalue weighted by Crippen LogP contribution is -2.41. The molecule has 0 saturated carbocycles. The van der Waals surface area contributed by atoms with E-state index in [1.165, 1.54) is 6.26 Å². The molecule has 0 bridgehead atoms. The summed E-state index contributed by atoms with van der Waals surface area (Å²) in [4.78, 5) is 0. The Bertz CT molecular complexity index is 284. The van der Waals surface area contributed by atoms with Gasteiger partial charge in [0.2, 0.25) is 10.0 Å². The van der Waals surface area contributed by atoms with Crippen molar-refractivity contribution >= 4 is 10.0 Å². The molecule has 0 aliphatic carbocycles. The molecule has 5 heteroatoms. The first-order chi connectivity index (χ1) is 6.29. The van der Waals surface area contributed by atoms with Gasteiger partial charge < -0.3 is 4.74 Å². The van der Waals surface area contributed by atoms with Crippen molar-refractivity contribution in [1.29, 1.82) is 0 Å². The van der Waals surface area contributed by atoms with E-state index in [0.29, 0.717) is 6.54 Å². The normalized spacial score (nSPS) is 27.5. The van der Waals surface area contributed by atoms with Crippen LogP contribution in [0, 0.1) is 0 Å². The fraction of sp³-hybridized carbons (Fsp3) is 1.00. The van der Waals surface area contributed by atoms with Gasteiger partial charge in [-0.1, -0.05) is 0 Å². The van der Waals surface area contributed by atoms with Gasteiger partial charge in [0.05, 0.1) is 18.0 Å². The van der Waals surface area contributed by atoms with Gasteiger partial charge in [-0.05, 0) is 33.1 Å². The van der Waals surface area contributed by atoms with Gasteiger partial charge in [-0.3, -0.25) is 0 Å². The van der Waals surface area contributed by atoms with Gasteiger partial charge in [-0.15, -0.1) is 0 Å². The molecule has 0 spiro atoms. The summed E-state index contributed by atoms with van der Waals surface area (Å²) in [5.74, 6) is 0. The topological polar surface area (TPSA) is 55.4 Å². The van der Waals surface area contributed by atoms with Crippen molar-refractivity contribution in [3.05, 3.63) is 0 Å². The second-order valence-electron chi connectivity index (χ2n) is 4.51. The van der Waals surface area contributed by atoms with Gasteiger partial charge in [-0.2, -0.15) is 0 Å². The molecule has 14 heavy (non-hydrogen) atoms. The molecule has 84 valence electrons. The average Bonchev–Trinajstić information content (AvgIpc) is 1.98. The van der Waals surface area contributed by atoms with Crippen LogP contribution in [0.15, 0.2) is 0 Å². The fourth-order valence-corrected chi connectivity index (χ4v) is 2.20. The maximum atomic E-state index is 10.9. The van der Waals surface area contributed by atoms with Crippen molar-refractivity contribution < 1.29 is 13.2 Å². The van der Waals surface area contributed by atoms with Gasteiger partial charge >= 0.3 is 0 Å². The van der Waals surface area contributed by atoms with Gasteiger partial charge in [0, 0.05) is 6.54 Å². The van der Waals surface area contributed by atoms with Crippen LogP contribution in [-0.4, -0.2) is 32.9 Å². The van der Waals surface area contributed by atoms with Crippen molar-refractivity contribution in [2.45, 2.75) is 44.8 Å². The van der Waals surface area contributed by atoms with Crippen LogP contribution in [0.1, 0.15) is 33.1 Å². The summed E-state index contributed by atoms with van der Waals surface area (Å²) in [5, 5.41) is 0. The quantitative estimate of drug-likeness (QED) is 0.770. The van der Waals surface area contributed by atoms with E-state index in [1.807, 2.05) is 13.8 Å². The van der Waals surface area contributed by atoms with Crippen molar-refractivity contribution in [2.75, 3.05) is 12.8 Å². The molecule has 1 atom stereocenters. The molecule has 0 amide bonds. The van der Waals surface area contributed by atoms with E-state index in [9.17, 15) is 8.42 Å². The number of nitrogens with one attached hydrogen (secondary N) is 1. The van der Waals surface area contributed by atoms with Crippen molar-refractivity contribution in [3.8, 4) is 0 Å². The molecule has 1 fully saturated rings. The molecule has 0 aromatic rings. The minimum absolute atomic E-state index is 0.0217. The Morgan fingerprint density at radius 2 is 2.14 bits per heavy atom. The van der Waals surface area contributed by atoms with Crippen molar-refractivity contribution in [3.63, 3.8) is 0 Å². The number of ether oxygens (including phenoxy) is 1. The highest BCUT2D eigenvalue weighted by atomic mass is 32.2. The monoisotopic (exact) mass is 221 g/mol. The zero-order valence-electron chi connectivity index (χ0n) is 9.04. The smallest absolute Gasteiger partial charge is 0.208 e. The highest BCUT2D eigenvalue weighted by Crippen LogP contribution is 2.27. The first-order valence-corrected chi connectivity index (χ1v) is 6.80. The third-order valence-electron chi connectivity index (χ3n) is 2.36. The van der Waals surface area contributed by atoms with Crippen LogP contribution in [0.25, 0.3) is 0 Å². The highest BCUT2D eigenvalue weighted by molar-refractivity contribution is 7.88. The Hall–Kier alpha value is -0.130. The molecule has 4 nitrogen and oxygen atoms in total. The molecule has 1 aliphatic heterocycles. The molecule has 1 N–H and O–H groups in total. The van der Waals surface area contributed by atoms with Crippen LogP contribution >= 0.6 is 0 Å². The summed E-state index contributed by atoms with van der Waals surface area (Å²) in [6, 6.07) is 0. The number of rotatable bonds is 3. The van der Waals surface area contributed by atoms with Crippen LogP contribution in [-0.2, 0) is 14.8 Å². The molecule has 0 unspecified atom stereocenters. The van der Waals surface area contributed by atoms with Gasteiger partial charge in [0.25, 0.3) is 0 Å². The summed E-state index contributed by atoms with van der Waals surface area (Å²) in [5.41, 5.74) is -0.109. The summed E-state index contributed by atoms with van der Waals surface area (Å²) < 4.78 is 30.0. The first kappa shape index (κ1) is 11.9. The standard InChI is InChI=1S/C9H19NO3S/c1-9(2)6-4-5-8(13-9)7-10-14(3,11)12/h8,10H,4-7H2,1-3H3/t8-/m0/s1. The first-order valence-electron chi connectivity index (χ1n) is 4.91. The SMILES string of the molecule is CC1(C)CCC[C@@H](CNS(C)(=O)=O)O1. The number of hydrogen-bond acceptors (Lipinski definition) is 3. The van der Waals surface area contributed by atoms with E-state index in [4.69, 9.17) is 4.74 Å². The lowest BCUT2D eigenvalue weighted by atomic mass is 9.95. The molecule has 0 aromatic heterocycles. The molecule has 1 heterocycles. The average molecular weight is 221 g/mol. The third-order valence-corrected chi connectivity index (χ3v) is 3.05. The van der Waals surface area contributed by atoms with Crippen LogP contribution in [0.2, 0.25) is 0 Å². The molecule has 1 aliphatic rings. The van der Waals surface area contributed by atoms with E-state index in [0.717, 1.165) is 19.3 Å². The van der Waals surface area contributed by atoms with E-state index >= 15 is 0 Å². The Kier molecular flexibility index (Phi) is 3.55. The minimum atomic E-state index is -3.09. The summed E-state index contributed by atoms with van der Waals surface area (Å²) >= 11 is 0. The summed E-state index contributed by atoms with van der Waals surface area (Å²) in [6.45, 7) is 4.47. The van der Waals surface area contributed by atoms with E-state index in [-0.39, 0.29) is 11.7 Å². The van der Waals surface area contributed by atoms with Gasteiger partial charge in [-0.25, -0.2) is 13.1 Å². The Balaban J connectivity index is 2.39. The zero-order valence-corrected chi connectivity index (χ0v) is 9.86. The van der Waals surface area contributed by atoms with Crippen LogP contribution in [0.4, 0.5) is 0 Å². The van der Waals surface area contributed by atoms with E-state index in [1.54, 1.807) is 0 Å². The van der Waals surface area contributed by atoms with E-state index < -0.39 is 10.0 Å². The fourth-order valence-electron chi connectivity index (χ4n) is 1.71. The zero-order chi connectivity index (χ0) is 10.8. The predicted molar refractivity (Wildman–Crippen MR) is 55.6 cm³/mol. The molecular weight excluding hydrogens is 202 g/mol. The predicted octanol–water partition coefficient (Wildman–Crippen LogP) is 0.883. The molecule has 1 rings (SSSR count). The Labute approximate surface area is 86.1 Å². The Morgan fingerprint density at radius 3 is 2.64 bits per heavy atom. The second-order valence-corrected chi connectivity index (χ2v) is 6.35. The van der Waals surface area contributed by atoms with Crippen LogP contribution in [0.5, 0.6) is 0 Å². The lowest BCUT2D eigenvalue weighted by Gasteiger charge is -2.36. The number of sulfonamides is 1. The van der Waals surface area contributed by atoms with Crippen molar-refractivity contribution in [2.24, 2.45) is 0 Å². The van der Waals surface area contributed by atoms with Crippen LogP contribution < -0.4 is 4.72 Å². The Morgan fingerprint density at radius 1 is 1.50 bits per heavy atom. The molecule has 0 aromatic carbocycles. The van der Waals surface area contributed by atoms with Gasteiger partial charge in [0.15, 0.2) is 0 Å². The van der Waals surface area contributed by atoms with Gasteiger partial charge in [0.1, 0.15) is 0 Å². The third kappa shape index (κ3) is 4.39. The lowest BCUT2D eigenvalue weighted by molar-refractivity contribution is -0.103. The molecule has 1 saturated heterocycles. The minimum Gasteiger partial charge on any atom is -0.371 e. The van der Waals surface area contributed by atoms with Crippen LogP contribution in [0.3, 0.4) is 0 Å². The highest BCUT2D eigenvalue weighted by Gasteiger charge is 2.28. The van der Waals surface area contributed by atoms with E-state index in [2.05, 4.69) is 4.72 Å². The maximum Gasteiger partial charge on any atom is 0.208 e. The maximum absolute atomic E-state index is 10.9.